The van der Waals surface area contributed by atoms with Crippen LogP contribution in [0, 0.1) is 0 Å². The molecule has 0 aliphatic heterocycles. The number of aliphatic hydroxyl groups is 2. The smallest absolute Gasteiger partial charge is 0.0894 e. The van der Waals surface area contributed by atoms with Crippen molar-refractivity contribution < 1.29 is 10.2 Å². The molecule has 0 saturated carbocycles. The van der Waals surface area contributed by atoms with Gasteiger partial charge in [-0.15, -0.1) is 0 Å². The molecule has 0 aliphatic rings. The van der Waals surface area contributed by atoms with Crippen molar-refractivity contribution in [2.45, 2.75) is 13.0 Å². The Morgan fingerprint density at radius 1 is 1.62 bits per heavy atom. The summed E-state index contributed by atoms with van der Waals surface area (Å²) in [5.74, 6) is 0. The standard InChI is InChI=1S/C5H13NO2/c1-2-6-3-5(8)4-7/h5-8H,2-4H2,1H3/t5-/m1/s1. The fourth-order valence-electron chi connectivity index (χ4n) is 0.375. The molecule has 3 nitrogen and oxygen atoms in total. The van der Waals surface area contributed by atoms with Crippen molar-refractivity contribution in [1.82, 2.24) is 5.32 Å². The summed E-state index contributed by atoms with van der Waals surface area (Å²) in [6, 6.07) is 0. The Morgan fingerprint density at radius 2 is 2.25 bits per heavy atom. The highest BCUT2D eigenvalue weighted by Crippen LogP contribution is 1.74. The molecular formula is C5H13NO2. The summed E-state index contributed by atoms with van der Waals surface area (Å²) in [6.45, 7) is 3.10. The quantitative estimate of drug-likeness (QED) is 0.442. The minimum absolute atomic E-state index is 0.160. The van der Waals surface area contributed by atoms with E-state index in [-0.39, 0.29) is 6.61 Å². The Hall–Kier alpha value is -0.120. The van der Waals surface area contributed by atoms with Gasteiger partial charge in [0.15, 0.2) is 0 Å². The molecule has 0 saturated heterocycles. The lowest BCUT2D eigenvalue weighted by Gasteiger charge is -2.05. The van der Waals surface area contributed by atoms with Crippen molar-refractivity contribution in [3.05, 3.63) is 0 Å². The summed E-state index contributed by atoms with van der Waals surface area (Å²) < 4.78 is 0. The van der Waals surface area contributed by atoms with Crippen LogP contribution < -0.4 is 5.32 Å². The van der Waals surface area contributed by atoms with Gasteiger partial charge < -0.3 is 15.5 Å². The average Bonchev–Trinajstić information content (AvgIpc) is 1.83. The van der Waals surface area contributed by atoms with Gasteiger partial charge in [-0.25, -0.2) is 0 Å². The van der Waals surface area contributed by atoms with Crippen LogP contribution in [0.2, 0.25) is 0 Å². The van der Waals surface area contributed by atoms with E-state index in [1.165, 1.54) is 0 Å². The van der Waals surface area contributed by atoms with Crippen molar-refractivity contribution in [2.75, 3.05) is 19.7 Å². The zero-order valence-electron chi connectivity index (χ0n) is 5.09. The van der Waals surface area contributed by atoms with Gasteiger partial charge in [0, 0.05) is 6.54 Å². The molecule has 0 heterocycles. The van der Waals surface area contributed by atoms with Crippen LogP contribution in [-0.4, -0.2) is 36.0 Å². The Labute approximate surface area is 49.3 Å². The molecular weight excluding hydrogens is 106 g/mol. The van der Waals surface area contributed by atoms with Crippen LogP contribution in [0.4, 0.5) is 0 Å². The maximum atomic E-state index is 8.68. The van der Waals surface area contributed by atoms with Gasteiger partial charge in [-0.2, -0.15) is 0 Å². The van der Waals surface area contributed by atoms with E-state index in [1.54, 1.807) is 0 Å². The van der Waals surface area contributed by atoms with Gasteiger partial charge in [-0.3, -0.25) is 0 Å². The Morgan fingerprint density at radius 3 is 2.62 bits per heavy atom. The predicted molar refractivity (Wildman–Crippen MR) is 31.6 cm³/mol. The molecule has 0 unspecified atom stereocenters. The van der Waals surface area contributed by atoms with Gasteiger partial charge in [0.05, 0.1) is 12.7 Å². The normalized spacial score (nSPS) is 13.9. The van der Waals surface area contributed by atoms with E-state index in [4.69, 9.17) is 10.2 Å². The van der Waals surface area contributed by atoms with E-state index >= 15 is 0 Å². The molecule has 0 radical (unpaired) electrons. The summed E-state index contributed by atoms with van der Waals surface area (Å²) in [5.41, 5.74) is 0. The van der Waals surface area contributed by atoms with Crippen LogP contribution in [0.5, 0.6) is 0 Å². The number of hydrogen-bond acceptors (Lipinski definition) is 3. The number of aliphatic hydroxyl groups excluding tert-OH is 2. The molecule has 1 atom stereocenters. The third kappa shape index (κ3) is 4.05. The zero-order chi connectivity index (χ0) is 6.41. The molecule has 0 bridgehead atoms. The summed E-state index contributed by atoms with van der Waals surface area (Å²) in [6.07, 6.45) is -0.602. The van der Waals surface area contributed by atoms with Gasteiger partial charge in [-0.1, -0.05) is 6.92 Å². The summed E-state index contributed by atoms with van der Waals surface area (Å²) in [5, 5.41) is 19.8. The van der Waals surface area contributed by atoms with E-state index in [1.807, 2.05) is 6.92 Å². The first kappa shape index (κ1) is 7.88. The topological polar surface area (TPSA) is 52.5 Å². The highest BCUT2D eigenvalue weighted by molar-refractivity contribution is 4.54. The summed E-state index contributed by atoms with van der Waals surface area (Å²) in [4.78, 5) is 0. The van der Waals surface area contributed by atoms with Crippen LogP contribution in [0.15, 0.2) is 0 Å². The molecule has 0 aromatic heterocycles. The van der Waals surface area contributed by atoms with Crippen molar-refractivity contribution >= 4 is 0 Å². The molecule has 0 aliphatic carbocycles. The molecule has 0 aromatic rings. The fourth-order valence-corrected chi connectivity index (χ4v) is 0.375. The van der Waals surface area contributed by atoms with Gasteiger partial charge in [0.25, 0.3) is 0 Å². The van der Waals surface area contributed by atoms with E-state index < -0.39 is 6.10 Å². The molecule has 0 amide bonds. The van der Waals surface area contributed by atoms with Crippen LogP contribution in [-0.2, 0) is 0 Å². The average molecular weight is 119 g/mol. The maximum Gasteiger partial charge on any atom is 0.0894 e. The molecule has 3 N–H and O–H groups in total. The van der Waals surface area contributed by atoms with Crippen molar-refractivity contribution in [2.24, 2.45) is 0 Å². The van der Waals surface area contributed by atoms with Crippen LogP contribution in [0.3, 0.4) is 0 Å². The highest BCUT2D eigenvalue weighted by Gasteiger charge is 1.96. The van der Waals surface area contributed by atoms with Crippen molar-refractivity contribution in [1.29, 1.82) is 0 Å². The Balaban J connectivity index is 2.86. The second-order valence-corrected chi connectivity index (χ2v) is 1.64. The molecule has 3 heteroatoms. The predicted octanol–water partition coefficient (Wildman–Crippen LogP) is -1.05. The highest BCUT2D eigenvalue weighted by atomic mass is 16.3. The van der Waals surface area contributed by atoms with Crippen LogP contribution in [0.1, 0.15) is 6.92 Å². The third-order valence-electron chi connectivity index (χ3n) is 0.841. The monoisotopic (exact) mass is 119 g/mol. The molecule has 8 heavy (non-hydrogen) atoms. The van der Waals surface area contributed by atoms with E-state index in [0.717, 1.165) is 6.54 Å². The SMILES string of the molecule is CCNC[C@@H](O)CO. The largest absolute Gasteiger partial charge is 0.394 e. The molecule has 0 rings (SSSR count). The Bertz CT molecular complexity index is 49.7. The second-order valence-electron chi connectivity index (χ2n) is 1.64. The van der Waals surface area contributed by atoms with E-state index in [2.05, 4.69) is 5.32 Å². The summed E-state index contributed by atoms with van der Waals surface area (Å²) in [7, 11) is 0. The molecule has 0 fully saturated rings. The van der Waals surface area contributed by atoms with Crippen molar-refractivity contribution in [3.8, 4) is 0 Å². The minimum atomic E-state index is -0.602. The van der Waals surface area contributed by atoms with Crippen LogP contribution >= 0.6 is 0 Å². The number of nitrogens with one attached hydrogen (secondary N) is 1. The lowest BCUT2D eigenvalue weighted by Crippen LogP contribution is -2.28. The lowest BCUT2D eigenvalue weighted by atomic mass is 10.4. The summed E-state index contributed by atoms with van der Waals surface area (Å²) >= 11 is 0. The number of likely N-dealkylation sites (N-methyl/N-ethyl adjacent to an activating group) is 1. The lowest BCUT2D eigenvalue weighted by molar-refractivity contribution is 0.0949. The maximum absolute atomic E-state index is 8.68. The zero-order valence-corrected chi connectivity index (χ0v) is 5.09. The van der Waals surface area contributed by atoms with Gasteiger partial charge >= 0.3 is 0 Å². The van der Waals surface area contributed by atoms with Gasteiger partial charge in [0.2, 0.25) is 0 Å². The second kappa shape index (κ2) is 5.03. The Kier molecular flexibility index (Phi) is 4.95. The van der Waals surface area contributed by atoms with E-state index in [9.17, 15) is 0 Å². The molecule has 0 aromatic carbocycles. The van der Waals surface area contributed by atoms with E-state index in [0.29, 0.717) is 6.54 Å². The first-order chi connectivity index (χ1) is 3.81. The van der Waals surface area contributed by atoms with Gasteiger partial charge in [-0.05, 0) is 6.54 Å². The minimum Gasteiger partial charge on any atom is -0.394 e. The first-order valence-electron chi connectivity index (χ1n) is 2.81. The van der Waals surface area contributed by atoms with Crippen LogP contribution in [0.25, 0.3) is 0 Å². The molecule has 0 spiro atoms. The number of rotatable bonds is 4. The van der Waals surface area contributed by atoms with Crippen molar-refractivity contribution in [3.63, 3.8) is 0 Å². The molecule has 50 valence electrons. The third-order valence-corrected chi connectivity index (χ3v) is 0.841. The first-order valence-corrected chi connectivity index (χ1v) is 2.81. The number of hydrogen-bond donors (Lipinski definition) is 3. The van der Waals surface area contributed by atoms with Gasteiger partial charge in [0.1, 0.15) is 0 Å². The fraction of sp³-hybridized carbons (Fsp3) is 1.00.